The molecule has 0 aromatic heterocycles. The number of nitriles is 1. The van der Waals surface area contributed by atoms with Gasteiger partial charge >= 0.3 is 0 Å². The highest BCUT2D eigenvalue weighted by atomic mass is 35.5. The summed E-state index contributed by atoms with van der Waals surface area (Å²) in [5.74, 6) is 0.564. The van der Waals surface area contributed by atoms with Gasteiger partial charge in [-0.15, -0.1) is 0 Å². The second kappa shape index (κ2) is 6.48. The minimum atomic E-state index is 0.184. The maximum absolute atomic E-state index is 9.03. The second-order valence-corrected chi connectivity index (χ2v) is 4.94. The number of benzene rings is 1. The fraction of sp³-hybridized carbons (Fsp3) is 0.462. The van der Waals surface area contributed by atoms with Crippen LogP contribution in [0.2, 0.25) is 5.02 Å². The molecule has 1 rings (SSSR count). The third-order valence-corrected chi connectivity index (χ3v) is 2.74. The third kappa shape index (κ3) is 4.26. The van der Waals surface area contributed by atoms with Crippen LogP contribution in [0.15, 0.2) is 18.2 Å². The Morgan fingerprint density at radius 2 is 2.18 bits per heavy atom. The molecule has 4 heteroatoms. The average Bonchev–Trinajstić information content (AvgIpc) is 2.29. The monoisotopic (exact) mass is 251 g/mol. The SMILES string of the molecule is CC(C)CC(CN)Nc1ccc(Cl)cc1C#N. The predicted molar refractivity (Wildman–Crippen MR) is 72.1 cm³/mol. The Morgan fingerprint density at radius 3 is 2.71 bits per heavy atom. The van der Waals surface area contributed by atoms with E-state index in [4.69, 9.17) is 22.6 Å². The first-order valence-corrected chi connectivity index (χ1v) is 6.10. The van der Waals surface area contributed by atoms with E-state index in [9.17, 15) is 0 Å². The molecule has 0 saturated carbocycles. The lowest BCUT2D eigenvalue weighted by Gasteiger charge is -2.20. The summed E-state index contributed by atoms with van der Waals surface area (Å²) in [6.07, 6.45) is 0.976. The molecule has 0 aliphatic heterocycles. The van der Waals surface area contributed by atoms with Crippen molar-refractivity contribution in [3.05, 3.63) is 28.8 Å². The number of nitrogens with two attached hydrogens (primary N) is 1. The van der Waals surface area contributed by atoms with Crippen LogP contribution in [0.4, 0.5) is 5.69 Å². The van der Waals surface area contributed by atoms with Crippen molar-refractivity contribution in [3.8, 4) is 6.07 Å². The maximum Gasteiger partial charge on any atom is 0.101 e. The van der Waals surface area contributed by atoms with E-state index < -0.39 is 0 Å². The van der Waals surface area contributed by atoms with Gasteiger partial charge in [0.1, 0.15) is 6.07 Å². The van der Waals surface area contributed by atoms with Gasteiger partial charge in [0.15, 0.2) is 0 Å². The Balaban J connectivity index is 2.83. The van der Waals surface area contributed by atoms with Crippen LogP contribution >= 0.6 is 11.6 Å². The number of hydrogen-bond donors (Lipinski definition) is 2. The fourth-order valence-corrected chi connectivity index (χ4v) is 1.91. The average molecular weight is 252 g/mol. The summed E-state index contributed by atoms with van der Waals surface area (Å²) >= 11 is 5.85. The molecule has 0 bridgehead atoms. The van der Waals surface area contributed by atoms with Crippen LogP contribution in [0.25, 0.3) is 0 Å². The van der Waals surface area contributed by atoms with Gasteiger partial charge < -0.3 is 11.1 Å². The molecule has 1 aromatic rings. The Morgan fingerprint density at radius 1 is 1.47 bits per heavy atom. The van der Waals surface area contributed by atoms with Gasteiger partial charge in [0.05, 0.1) is 11.3 Å². The van der Waals surface area contributed by atoms with Crippen LogP contribution in [0.3, 0.4) is 0 Å². The second-order valence-electron chi connectivity index (χ2n) is 4.51. The number of nitrogens with zero attached hydrogens (tertiary/aromatic N) is 1. The van der Waals surface area contributed by atoms with E-state index in [0.29, 0.717) is 23.0 Å². The lowest BCUT2D eigenvalue weighted by molar-refractivity contribution is 0.522. The zero-order valence-electron chi connectivity index (χ0n) is 10.2. The van der Waals surface area contributed by atoms with Crippen LogP contribution in [0.1, 0.15) is 25.8 Å². The zero-order valence-corrected chi connectivity index (χ0v) is 11.0. The summed E-state index contributed by atoms with van der Waals surface area (Å²) in [7, 11) is 0. The van der Waals surface area contributed by atoms with Gasteiger partial charge in [0, 0.05) is 17.6 Å². The molecule has 0 amide bonds. The zero-order chi connectivity index (χ0) is 12.8. The smallest absolute Gasteiger partial charge is 0.101 e. The molecule has 3 N–H and O–H groups in total. The first-order valence-electron chi connectivity index (χ1n) is 5.73. The van der Waals surface area contributed by atoms with Crippen LogP contribution < -0.4 is 11.1 Å². The van der Waals surface area contributed by atoms with Gasteiger partial charge in [0.25, 0.3) is 0 Å². The predicted octanol–water partition coefficient (Wildman–Crippen LogP) is 3.00. The highest BCUT2D eigenvalue weighted by Gasteiger charge is 2.11. The molecule has 0 heterocycles. The first-order chi connectivity index (χ1) is 8.06. The number of anilines is 1. The topological polar surface area (TPSA) is 61.8 Å². The Hall–Kier alpha value is -1.24. The normalized spacial score (nSPS) is 12.2. The van der Waals surface area contributed by atoms with E-state index in [0.717, 1.165) is 12.1 Å². The standard InChI is InChI=1S/C13H18ClN3/c1-9(2)5-12(8-16)17-13-4-3-11(14)6-10(13)7-15/h3-4,6,9,12,17H,5,8,16H2,1-2H3. The van der Waals surface area contributed by atoms with Gasteiger partial charge in [0.2, 0.25) is 0 Å². The molecule has 0 saturated heterocycles. The molecular formula is C13H18ClN3. The minimum absolute atomic E-state index is 0.184. The molecule has 1 aromatic carbocycles. The summed E-state index contributed by atoms with van der Waals surface area (Å²) in [4.78, 5) is 0. The van der Waals surface area contributed by atoms with Crippen molar-refractivity contribution < 1.29 is 0 Å². The molecule has 1 atom stereocenters. The molecule has 0 aliphatic rings. The van der Waals surface area contributed by atoms with E-state index in [-0.39, 0.29) is 6.04 Å². The van der Waals surface area contributed by atoms with Crippen molar-refractivity contribution in [1.82, 2.24) is 0 Å². The van der Waals surface area contributed by atoms with E-state index in [2.05, 4.69) is 25.2 Å². The van der Waals surface area contributed by atoms with Gasteiger partial charge in [-0.25, -0.2) is 0 Å². The lowest BCUT2D eigenvalue weighted by Crippen LogP contribution is -2.30. The molecule has 3 nitrogen and oxygen atoms in total. The summed E-state index contributed by atoms with van der Waals surface area (Å²) < 4.78 is 0. The highest BCUT2D eigenvalue weighted by Crippen LogP contribution is 2.21. The van der Waals surface area contributed by atoms with Gasteiger partial charge in [-0.05, 0) is 30.5 Å². The Labute approximate surface area is 108 Å². The molecule has 0 fully saturated rings. The Bertz CT molecular complexity index is 410. The van der Waals surface area contributed by atoms with Gasteiger partial charge in [-0.3, -0.25) is 0 Å². The maximum atomic E-state index is 9.03. The number of hydrogen-bond acceptors (Lipinski definition) is 3. The molecule has 92 valence electrons. The summed E-state index contributed by atoms with van der Waals surface area (Å²) in [6.45, 7) is 4.85. The van der Waals surface area contributed by atoms with Crippen molar-refractivity contribution in [2.75, 3.05) is 11.9 Å². The van der Waals surface area contributed by atoms with Crippen molar-refractivity contribution in [1.29, 1.82) is 5.26 Å². The summed E-state index contributed by atoms with van der Waals surface area (Å²) in [5, 5.41) is 12.9. The lowest BCUT2D eigenvalue weighted by atomic mass is 10.0. The van der Waals surface area contributed by atoms with Crippen LogP contribution in [0.5, 0.6) is 0 Å². The van der Waals surface area contributed by atoms with Crippen LogP contribution in [-0.4, -0.2) is 12.6 Å². The molecule has 1 unspecified atom stereocenters. The summed E-state index contributed by atoms with van der Waals surface area (Å²) in [5.41, 5.74) is 7.07. The van der Waals surface area contributed by atoms with Gasteiger partial charge in [-0.1, -0.05) is 25.4 Å². The largest absolute Gasteiger partial charge is 0.380 e. The van der Waals surface area contributed by atoms with Crippen molar-refractivity contribution in [3.63, 3.8) is 0 Å². The van der Waals surface area contributed by atoms with E-state index in [1.165, 1.54) is 0 Å². The first kappa shape index (κ1) is 13.8. The Kier molecular flexibility index (Phi) is 5.27. The van der Waals surface area contributed by atoms with Crippen molar-refractivity contribution >= 4 is 17.3 Å². The van der Waals surface area contributed by atoms with Gasteiger partial charge in [-0.2, -0.15) is 5.26 Å². The van der Waals surface area contributed by atoms with Crippen molar-refractivity contribution in [2.45, 2.75) is 26.3 Å². The van der Waals surface area contributed by atoms with E-state index >= 15 is 0 Å². The van der Waals surface area contributed by atoms with E-state index in [1.807, 2.05) is 6.07 Å². The fourth-order valence-electron chi connectivity index (χ4n) is 1.74. The summed E-state index contributed by atoms with van der Waals surface area (Å²) in [6, 6.07) is 7.57. The molecular weight excluding hydrogens is 234 g/mol. The van der Waals surface area contributed by atoms with Crippen molar-refractivity contribution in [2.24, 2.45) is 11.7 Å². The molecule has 0 aliphatic carbocycles. The third-order valence-electron chi connectivity index (χ3n) is 2.50. The highest BCUT2D eigenvalue weighted by molar-refractivity contribution is 6.30. The van der Waals surface area contributed by atoms with Crippen LogP contribution in [0, 0.1) is 17.2 Å². The number of rotatable bonds is 5. The number of halogens is 1. The van der Waals surface area contributed by atoms with E-state index in [1.54, 1.807) is 12.1 Å². The molecule has 17 heavy (non-hydrogen) atoms. The molecule has 0 spiro atoms. The van der Waals surface area contributed by atoms with Crippen LogP contribution in [-0.2, 0) is 0 Å². The minimum Gasteiger partial charge on any atom is -0.380 e. The quantitative estimate of drug-likeness (QED) is 0.846. The number of nitrogens with one attached hydrogen (secondary N) is 1. The molecule has 0 radical (unpaired) electrons.